The van der Waals surface area contributed by atoms with Crippen molar-refractivity contribution in [3.05, 3.63) is 29.8 Å². The maximum absolute atomic E-state index is 11.9. The first-order valence-electron chi connectivity index (χ1n) is 5.37. The minimum Gasteiger partial charge on any atom is -0.351 e. The Balaban J connectivity index is 3.00. The fourth-order valence-corrected chi connectivity index (χ4v) is 1.56. The molecule has 1 aromatic carbocycles. The van der Waals surface area contributed by atoms with E-state index in [1.165, 1.54) is 11.9 Å². The molecule has 17 heavy (non-hydrogen) atoms. The van der Waals surface area contributed by atoms with Gasteiger partial charge in [0.1, 0.15) is 0 Å². The second-order valence-corrected chi connectivity index (χ2v) is 3.72. The number of rotatable bonds is 2. The van der Waals surface area contributed by atoms with Crippen LogP contribution in [0.3, 0.4) is 0 Å². The highest BCUT2D eigenvalue weighted by Gasteiger charge is 2.20. The SMILES string of the molecule is CCc1ccccc1N(C)C(=O)N(C)C(N)=O. The molecule has 2 N–H and O–H groups in total. The highest BCUT2D eigenvalue weighted by Crippen LogP contribution is 2.20. The van der Waals surface area contributed by atoms with Gasteiger partial charge in [0.15, 0.2) is 0 Å². The molecular weight excluding hydrogens is 218 g/mol. The molecule has 1 rings (SSSR count). The number of benzene rings is 1. The molecule has 0 aromatic heterocycles. The minimum absolute atomic E-state index is 0.446. The van der Waals surface area contributed by atoms with Crippen molar-refractivity contribution in [3.8, 4) is 0 Å². The van der Waals surface area contributed by atoms with Crippen LogP contribution in [0.1, 0.15) is 12.5 Å². The van der Waals surface area contributed by atoms with Gasteiger partial charge in [-0.05, 0) is 18.1 Å². The standard InChI is InChI=1S/C12H17N3O2/c1-4-9-7-5-6-8-10(9)14(2)12(17)15(3)11(13)16/h5-8H,4H2,1-3H3,(H2,13,16). The summed E-state index contributed by atoms with van der Waals surface area (Å²) in [5, 5.41) is 0. The van der Waals surface area contributed by atoms with Gasteiger partial charge in [0.2, 0.25) is 0 Å². The third-order valence-corrected chi connectivity index (χ3v) is 2.64. The molecule has 5 nitrogen and oxygen atoms in total. The molecule has 0 saturated carbocycles. The van der Waals surface area contributed by atoms with Gasteiger partial charge in [-0.3, -0.25) is 4.90 Å². The Hall–Kier alpha value is -2.04. The van der Waals surface area contributed by atoms with E-state index in [9.17, 15) is 9.59 Å². The molecule has 0 unspecified atom stereocenters. The van der Waals surface area contributed by atoms with Gasteiger partial charge in [0, 0.05) is 19.8 Å². The summed E-state index contributed by atoms with van der Waals surface area (Å²) in [7, 11) is 2.98. The van der Waals surface area contributed by atoms with Crippen LogP contribution >= 0.6 is 0 Å². The van der Waals surface area contributed by atoms with Crippen molar-refractivity contribution in [1.29, 1.82) is 0 Å². The van der Waals surface area contributed by atoms with E-state index < -0.39 is 12.1 Å². The van der Waals surface area contributed by atoms with E-state index in [0.29, 0.717) is 0 Å². The third-order valence-electron chi connectivity index (χ3n) is 2.64. The molecule has 0 heterocycles. The van der Waals surface area contributed by atoms with Crippen LogP contribution in [0.25, 0.3) is 0 Å². The molecule has 1 aromatic rings. The quantitative estimate of drug-likeness (QED) is 0.849. The molecule has 0 bridgehead atoms. The van der Waals surface area contributed by atoms with Crippen molar-refractivity contribution in [2.24, 2.45) is 5.73 Å². The van der Waals surface area contributed by atoms with E-state index in [4.69, 9.17) is 5.73 Å². The third kappa shape index (κ3) is 2.75. The lowest BCUT2D eigenvalue weighted by atomic mass is 10.1. The van der Waals surface area contributed by atoms with E-state index in [2.05, 4.69) is 0 Å². The summed E-state index contributed by atoms with van der Waals surface area (Å²) < 4.78 is 0. The van der Waals surface area contributed by atoms with Gasteiger partial charge in [-0.2, -0.15) is 0 Å². The number of urea groups is 2. The van der Waals surface area contributed by atoms with Crippen LogP contribution in [0.15, 0.2) is 24.3 Å². The number of hydrogen-bond donors (Lipinski definition) is 1. The van der Waals surface area contributed by atoms with E-state index in [-0.39, 0.29) is 0 Å². The highest BCUT2D eigenvalue weighted by atomic mass is 16.2. The predicted octanol–water partition coefficient (Wildman–Crippen LogP) is 1.82. The summed E-state index contributed by atoms with van der Waals surface area (Å²) in [5.41, 5.74) is 6.89. The number of imide groups is 1. The zero-order chi connectivity index (χ0) is 13.0. The first-order chi connectivity index (χ1) is 7.99. The Labute approximate surface area is 101 Å². The fourth-order valence-electron chi connectivity index (χ4n) is 1.56. The van der Waals surface area contributed by atoms with Gasteiger partial charge >= 0.3 is 12.1 Å². The largest absolute Gasteiger partial charge is 0.351 e. The molecule has 0 aliphatic heterocycles. The highest BCUT2D eigenvalue weighted by molar-refractivity contribution is 6.01. The first kappa shape index (κ1) is 13.0. The molecule has 0 fully saturated rings. The number of para-hydroxylation sites is 1. The summed E-state index contributed by atoms with van der Waals surface area (Å²) in [4.78, 5) is 25.1. The molecule has 0 saturated heterocycles. The van der Waals surface area contributed by atoms with Crippen LogP contribution < -0.4 is 10.6 Å². The summed E-state index contributed by atoms with van der Waals surface area (Å²) >= 11 is 0. The van der Waals surface area contributed by atoms with Gasteiger partial charge in [-0.25, -0.2) is 14.5 Å². The van der Waals surface area contributed by atoms with Crippen LogP contribution in [0.5, 0.6) is 0 Å². The number of aryl methyl sites for hydroxylation is 1. The molecule has 0 radical (unpaired) electrons. The normalized spacial score (nSPS) is 9.82. The summed E-state index contributed by atoms with van der Waals surface area (Å²) in [6.07, 6.45) is 0.814. The molecule has 92 valence electrons. The number of carbonyl (C=O) groups excluding carboxylic acids is 2. The van der Waals surface area contributed by atoms with Crippen molar-refractivity contribution >= 4 is 17.7 Å². The van der Waals surface area contributed by atoms with E-state index in [0.717, 1.165) is 22.6 Å². The van der Waals surface area contributed by atoms with Gasteiger partial charge < -0.3 is 5.73 Å². The minimum atomic E-state index is -0.768. The molecule has 0 aliphatic rings. The monoisotopic (exact) mass is 235 g/mol. The Morgan fingerprint density at radius 2 is 1.82 bits per heavy atom. The smallest absolute Gasteiger partial charge is 0.332 e. The van der Waals surface area contributed by atoms with Crippen molar-refractivity contribution in [2.75, 3.05) is 19.0 Å². The Morgan fingerprint density at radius 1 is 1.24 bits per heavy atom. The Morgan fingerprint density at radius 3 is 2.35 bits per heavy atom. The number of nitrogens with two attached hydrogens (primary N) is 1. The zero-order valence-electron chi connectivity index (χ0n) is 10.3. The molecular formula is C12H17N3O2. The second kappa shape index (κ2) is 5.34. The van der Waals surface area contributed by atoms with Gasteiger partial charge in [-0.15, -0.1) is 0 Å². The van der Waals surface area contributed by atoms with E-state index in [1.54, 1.807) is 7.05 Å². The predicted molar refractivity (Wildman–Crippen MR) is 67.0 cm³/mol. The summed E-state index contributed by atoms with van der Waals surface area (Å²) in [5.74, 6) is 0. The lowest BCUT2D eigenvalue weighted by molar-refractivity contribution is 0.205. The number of anilines is 1. The summed E-state index contributed by atoms with van der Waals surface area (Å²) in [6, 6.07) is 6.34. The molecule has 5 heteroatoms. The second-order valence-electron chi connectivity index (χ2n) is 3.72. The van der Waals surface area contributed by atoms with Crippen LogP contribution in [0, 0.1) is 0 Å². The topological polar surface area (TPSA) is 66.6 Å². The molecule has 0 atom stereocenters. The van der Waals surface area contributed by atoms with Crippen molar-refractivity contribution in [3.63, 3.8) is 0 Å². The Kier molecular flexibility index (Phi) is 4.09. The van der Waals surface area contributed by atoms with E-state index in [1.807, 2.05) is 31.2 Å². The number of nitrogens with zero attached hydrogens (tertiary/aromatic N) is 2. The lowest BCUT2D eigenvalue weighted by Crippen LogP contribution is -2.45. The maximum Gasteiger partial charge on any atom is 0.332 e. The average Bonchev–Trinajstić information content (AvgIpc) is 2.35. The number of amides is 4. The van der Waals surface area contributed by atoms with Gasteiger partial charge in [0.05, 0.1) is 0 Å². The van der Waals surface area contributed by atoms with Gasteiger partial charge in [0.25, 0.3) is 0 Å². The van der Waals surface area contributed by atoms with Crippen molar-refractivity contribution in [2.45, 2.75) is 13.3 Å². The number of hydrogen-bond acceptors (Lipinski definition) is 2. The van der Waals surface area contributed by atoms with E-state index >= 15 is 0 Å². The first-order valence-corrected chi connectivity index (χ1v) is 5.37. The van der Waals surface area contributed by atoms with Crippen LogP contribution in [-0.4, -0.2) is 31.1 Å². The fraction of sp³-hybridized carbons (Fsp3) is 0.333. The Bertz CT molecular complexity index is 432. The maximum atomic E-state index is 11.9. The molecule has 4 amide bonds. The lowest BCUT2D eigenvalue weighted by Gasteiger charge is -2.24. The van der Waals surface area contributed by atoms with Crippen LogP contribution in [0.2, 0.25) is 0 Å². The van der Waals surface area contributed by atoms with Crippen LogP contribution in [0.4, 0.5) is 15.3 Å². The zero-order valence-corrected chi connectivity index (χ0v) is 10.3. The number of carbonyl (C=O) groups is 2. The molecule has 0 aliphatic carbocycles. The van der Waals surface area contributed by atoms with Crippen LogP contribution in [-0.2, 0) is 6.42 Å². The van der Waals surface area contributed by atoms with Crippen molar-refractivity contribution < 1.29 is 9.59 Å². The number of primary amides is 1. The molecule has 0 spiro atoms. The summed E-state index contributed by atoms with van der Waals surface area (Å²) in [6.45, 7) is 2.01. The van der Waals surface area contributed by atoms with Crippen molar-refractivity contribution in [1.82, 2.24) is 4.90 Å². The average molecular weight is 235 g/mol. The van der Waals surface area contributed by atoms with Gasteiger partial charge in [-0.1, -0.05) is 25.1 Å².